The van der Waals surface area contributed by atoms with Crippen LogP contribution in [0.25, 0.3) is 88.6 Å². The van der Waals surface area contributed by atoms with Crippen LogP contribution in [0.1, 0.15) is 33.4 Å². The van der Waals surface area contributed by atoms with Crippen LogP contribution in [0.2, 0.25) is 0 Å². The van der Waals surface area contributed by atoms with E-state index in [4.69, 9.17) is 19.9 Å². The molecule has 9 rings (SSSR count). The summed E-state index contributed by atoms with van der Waals surface area (Å²) in [6.07, 6.45) is 0. The molecule has 7 aromatic rings. The van der Waals surface area contributed by atoms with Gasteiger partial charge >= 0.3 is 0 Å². The van der Waals surface area contributed by atoms with Gasteiger partial charge in [0, 0.05) is 44.2 Å². The van der Waals surface area contributed by atoms with Gasteiger partial charge in [0.25, 0.3) is 0 Å². The average Bonchev–Trinajstić information content (AvgIpc) is 3.43. The van der Waals surface area contributed by atoms with Gasteiger partial charge in [-0.25, -0.2) is 19.9 Å². The van der Waals surface area contributed by atoms with E-state index in [-0.39, 0.29) is 0 Å². The monoisotopic (exact) mass is 514 g/mol. The van der Waals surface area contributed by atoms with Gasteiger partial charge in [0.05, 0.1) is 44.8 Å². The molecule has 0 bridgehead atoms. The lowest BCUT2D eigenvalue weighted by atomic mass is 9.96. The molecule has 2 aliphatic carbocycles. The number of hydrogen-bond acceptors (Lipinski definition) is 4. The summed E-state index contributed by atoms with van der Waals surface area (Å²) >= 11 is 0. The molecular weight excluding hydrogens is 488 g/mol. The molecule has 190 valence electrons. The summed E-state index contributed by atoms with van der Waals surface area (Å²) in [5, 5.41) is 5.18. The third-order valence-electron chi connectivity index (χ3n) is 9.39. The van der Waals surface area contributed by atoms with E-state index < -0.39 is 0 Å². The largest absolute Gasteiger partial charge is 0.243 e. The maximum absolute atomic E-state index is 5.33. The van der Waals surface area contributed by atoms with Crippen molar-refractivity contribution in [2.45, 2.75) is 41.5 Å². The molecule has 0 spiro atoms. The summed E-state index contributed by atoms with van der Waals surface area (Å²) < 4.78 is 0. The van der Waals surface area contributed by atoms with Gasteiger partial charge in [-0.1, -0.05) is 48.5 Å². The van der Waals surface area contributed by atoms with Crippen LogP contribution in [0.5, 0.6) is 0 Å². The molecule has 5 aromatic carbocycles. The molecule has 0 amide bonds. The fraction of sp³-hybridized carbons (Fsp3) is 0.167. The Kier molecular flexibility index (Phi) is 3.92. The Hall–Kier alpha value is -4.70. The summed E-state index contributed by atoms with van der Waals surface area (Å²) in [7, 11) is 0. The summed E-state index contributed by atoms with van der Waals surface area (Å²) in [6.45, 7) is 13.0. The van der Waals surface area contributed by atoms with E-state index in [0.29, 0.717) is 0 Å². The van der Waals surface area contributed by atoms with Crippen molar-refractivity contribution in [3.63, 3.8) is 0 Å². The number of aryl methyl sites for hydroxylation is 6. The normalized spacial score (nSPS) is 12.8. The van der Waals surface area contributed by atoms with Gasteiger partial charge in [0.2, 0.25) is 0 Å². The molecular formula is C36H26N4. The summed E-state index contributed by atoms with van der Waals surface area (Å²) in [5.74, 6) is 0. The average molecular weight is 515 g/mol. The molecule has 4 heteroatoms. The number of nitrogens with zero attached hydrogens (tertiary/aromatic N) is 4. The fourth-order valence-corrected chi connectivity index (χ4v) is 7.42. The Morgan fingerprint density at radius 2 is 0.575 bits per heavy atom. The van der Waals surface area contributed by atoms with Gasteiger partial charge in [0.1, 0.15) is 0 Å². The zero-order valence-electron chi connectivity index (χ0n) is 23.4. The lowest BCUT2D eigenvalue weighted by molar-refractivity contribution is 1.24. The van der Waals surface area contributed by atoms with Crippen LogP contribution < -0.4 is 0 Å². The summed E-state index contributed by atoms with van der Waals surface area (Å²) in [4.78, 5) is 21.3. The zero-order valence-corrected chi connectivity index (χ0v) is 23.4. The van der Waals surface area contributed by atoms with Gasteiger partial charge in [0.15, 0.2) is 0 Å². The number of benzene rings is 5. The molecule has 0 saturated heterocycles. The minimum absolute atomic E-state index is 0.914. The highest BCUT2D eigenvalue weighted by atomic mass is 14.9. The maximum Gasteiger partial charge on any atom is 0.0979 e. The Bertz CT molecular complexity index is 2060. The zero-order chi connectivity index (χ0) is 27.2. The van der Waals surface area contributed by atoms with Crippen molar-refractivity contribution in [3.05, 3.63) is 81.9 Å². The molecule has 0 fully saturated rings. The molecule has 0 saturated carbocycles. The molecule has 2 aromatic heterocycles. The Morgan fingerprint density at radius 1 is 0.325 bits per heavy atom. The highest BCUT2D eigenvalue weighted by molar-refractivity contribution is 6.18. The summed E-state index contributed by atoms with van der Waals surface area (Å²) in [5.41, 5.74) is 19.5. The first kappa shape index (κ1) is 22.2. The van der Waals surface area contributed by atoms with Crippen LogP contribution in [0, 0.1) is 41.5 Å². The molecule has 4 nitrogen and oxygen atoms in total. The minimum atomic E-state index is 0.914. The van der Waals surface area contributed by atoms with Crippen molar-refractivity contribution in [2.24, 2.45) is 0 Å². The SMILES string of the molecule is Cc1c2nc3c(nc2c(C)c2nc4c(nc12)-c1ccc(C)c2c(C)ccc-4c12)-c1ccc(C)c2c(C)ccc-3c12. The molecule has 0 aliphatic heterocycles. The van der Waals surface area contributed by atoms with Crippen LogP contribution in [-0.4, -0.2) is 19.9 Å². The Balaban J connectivity index is 1.39. The Labute approximate surface area is 231 Å². The maximum atomic E-state index is 5.33. The minimum Gasteiger partial charge on any atom is -0.243 e. The predicted molar refractivity (Wildman–Crippen MR) is 165 cm³/mol. The molecule has 0 radical (unpaired) electrons. The van der Waals surface area contributed by atoms with Gasteiger partial charge in [-0.15, -0.1) is 0 Å². The van der Waals surface area contributed by atoms with Crippen molar-refractivity contribution < 1.29 is 0 Å². The van der Waals surface area contributed by atoms with E-state index in [9.17, 15) is 0 Å². The van der Waals surface area contributed by atoms with Crippen molar-refractivity contribution in [2.75, 3.05) is 0 Å². The fourth-order valence-electron chi connectivity index (χ4n) is 7.42. The van der Waals surface area contributed by atoms with E-state index in [2.05, 4.69) is 90.1 Å². The van der Waals surface area contributed by atoms with Crippen molar-refractivity contribution in [1.82, 2.24) is 19.9 Å². The van der Waals surface area contributed by atoms with Crippen molar-refractivity contribution in [3.8, 4) is 45.0 Å². The third kappa shape index (κ3) is 2.44. The first-order valence-electron chi connectivity index (χ1n) is 13.9. The first-order chi connectivity index (χ1) is 19.3. The standard InChI is InChI=1S/C36H26N4/c1-15-7-11-21-27-22(12-8-16(2)25(15)27)34-33(21)37-29-19(5)31-32(20(6)30(29)38-34)40-36-24-14-10-18(4)26-17(3)9-13-23(28(24)26)35(36)39-31/h7-14H,1-6H3. The van der Waals surface area contributed by atoms with E-state index in [1.165, 1.54) is 66.1 Å². The van der Waals surface area contributed by atoms with Crippen LogP contribution in [0.4, 0.5) is 0 Å². The molecule has 2 aliphatic rings. The van der Waals surface area contributed by atoms with E-state index in [0.717, 1.165) is 56.0 Å². The second-order valence-corrected chi connectivity index (χ2v) is 11.7. The number of hydrogen-bond donors (Lipinski definition) is 0. The van der Waals surface area contributed by atoms with Gasteiger partial charge in [-0.05, 0) is 74.6 Å². The smallest absolute Gasteiger partial charge is 0.0979 e. The number of rotatable bonds is 0. The van der Waals surface area contributed by atoms with Gasteiger partial charge in [-0.2, -0.15) is 0 Å². The van der Waals surface area contributed by atoms with Gasteiger partial charge in [-0.3, -0.25) is 0 Å². The van der Waals surface area contributed by atoms with Crippen molar-refractivity contribution in [1.29, 1.82) is 0 Å². The second kappa shape index (κ2) is 7.08. The Morgan fingerprint density at radius 3 is 0.825 bits per heavy atom. The molecule has 2 heterocycles. The van der Waals surface area contributed by atoms with E-state index >= 15 is 0 Å². The summed E-state index contributed by atoms with van der Waals surface area (Å²) in [6, 6.07) is 17.7. The predicted octanol–water partition coefficient (Wildman–Crippen LogP) is 9.02. The third-order valence-corrected chi connectivity index (χ3v) is 9.39. The number of fused-ring (bicyclic) bond motifs is 8. The van der Waals surface area contributed by atoms with Crippen LogP contribution >= 0.6 is 0 Å². The van der Waals surface area contributed by atoms with Crippen LogP contribution in [0.3, 0.4) is 0 Å². The van der Waals surface area contributed by atoms with Gasteiger partial charge < -0.3 is 0 Å². The molecule has 40 heavy (non-hydrogen) atoms. The van der Waals surface area contributed by atoms with Crippen LogP contribution in [0.15, 0.2) is 48.5 Å². The molecule has 0 atom stereocenters. The number of aromatic nitrogens is 4. The van der Waals surface area contributed by atoms with Crippen LogP contribution in [-0.2, 0) is 0 Å². The van der Waals surface area contributed by atoms with Crippen molar-refractivity contribution >= 4 is 43.6 Å². The first-order valence-corrected chi connectivity index (χ1v) is 13.9. The topological polar surface area (TPSA) is 51.6 Å². The lowest BCUT2D eigenvalue weighted by Gasteiger charge is -2.13. The quantitative estimate of drug-likeness (QED) is 0.189. The molecule has 0 unspecified atom stereocenters. The second-order valence-electron chi connectivity index (χ2n) is 11.7. The highest BCUT2D eigenvalue weighted by Crippen LogP contribution is 2.50. The lowest BCUT2D eigenvalue weighted by Crippen LogP contribution is -2.01. The van der Waals surface area contributed by atoms with E-state index in [1.54, 1.807) is 0 Å². The molecule has 0 N–H and O–H groups in total. The van der Waals surface area contributed by atoms with E-state index in [1.807, 2.05) is 0 Å². The highest BCUT2D eigenvalue weighted by Gasteiger charge is 2.30.